The molecule has 0 amide bonds. The number of hydrogen-bond acceptors (Lipinski definition) is 17. The summed E-state index contributed by atoms with van der Waals surface area (Å²) in [5.74, 6) is -3.33. The summed E-state index contributed by atoms with van der Waals surface area (Å²) >= 11 is 0. The van der Waals surface area contributed by atoms with Gasteiger partial charge in [-0.05, 0) is 83.6 Å². The van der Waals surface area contributed by atoms with Gasteiger partial charge in [0, 0.05) is 17.1 Å². The van der Waals surface area contributed by atoms with E-state index in [1.807, 2.05) is 0 Å². The molecule has 55 heavy (non-hydrogen) atoms. The van der Waals surface area contributed by atoms with Gasteiger partial charge in [0.1, 0.15) is 25.8 Å². The number of anilines is 7. The van der Waals surface area contributed by atoms with E-state index < -0.39 is 53.1 Å². The summed E-state index contributed by atoms with van der Waals surface area (Å²) in [5.41, 5.74) is 3.76. The number of carboxylic acid groups (broad SMARTS) is 1. The minimum Gasteiger partial charge on any atom is -0.872 e. The van der Waals surface area contributed by atoms with Crippen molar-refractivity contribution in [3.8, 4) is 5.75 Å². The number of carbonyl (C=O) groups excluding carboxylic acids is 1. The van der Waals surface area contributed by atoms with Gasteiger partial charge in [-0.3, -0.25) is 10.2 Å². The molecule has 0 aliphatic heterocycles. The zero-order chi connectivity index (χ0) is 37.2. The van der Waals surface area contributed by atoms with Gasteiger partial charge in [-0.1, -0.05) is 30.0 Å². The summed E-state index contributed by atoms with van der Waals surface area (Å²) in [4.78, 5) is 34.2. The van der Waals surface area contributed by atoms with E-state index in [1.165, 1.54) is 6.08 Å². The average Bonchev–Trinajstić information content (AvgIpc) is 3.07. The Morgan fingerprint density at radius 3 is 1.75 bits per heavy atom. The molecule has 0 saturated carbocycles. The number of hydrazone groups is 1. The van der Waals surface area contributed by atoms with Crippen LogP contribution in [0.1, 0.15) is 0 Å². The number of ketones is 1. The van der Waals surface area contributed by atoms with Crippen molar-refractivity contribution in [1.29, 1.82) is 0 Å². The molecule has 23 heteroatoms. The molecule has 1 heterocycles. The number of aliphatic carboxylic acids is 1. The van der Waals surface area contributed by atoms with Gasteiger partial charge >= 0.3 is 94.6 Å². The number of allylic oxidation sites excluding steroid dienone is 3. The van der Waals surface area contributed by atoms with Gasteiger partial charge in [-0.25, -0.2) is 21.6 Å². The first-order valence-corrected chi connectivity index (χ1v) is 17.4. The van der Waals surface area contributed by atoms with Crippen LogP contribution in [0.3, 0.4) is 0 Å². The molecule has 0 fully saturated rings. The molecule has 5 aromatic rings. The monoisotopic (exact) mass is 810 g/mol. The number of nitrogens with one attached hydrogen (secondary N) is 4. The van der Waals surface area contributed by atoms with Gasteiger partial charge in [-0.2, -0.15) is 20.1 Å². The van der Waals surface area contributed by atoms with Crippen LogP contribution in [-0.4, -0.2) is 63.5 Å². The number of hydrogen-bond donors (Lipinski definition) is 5. The number of benzene rings is 4. The van der Waals surface area contributed by atoms with E-state index in [-0.39, 0.29) is 129 Å². The summed E-state index contributed by atoms with van der Waals surface area (Å²) in [6, 6.07) is 18.2. The molecule has 5 N–H and O–H groups in total. The van der Waals surface area contributed by atoms with Crippen LogP contribution in [0.2, 0.25) is 0 Å². The van der Waals surface area contributed by atoms with Crippen LogP contribution in [-0.2, 0) is 29.8 Å². The molecular formula is C32H21N8Na3O10S2. The molecule has 0 unspecified atom stereocenters. The van der Waals surface area contributed by atoms with Gasteiger partial charge < -0.3 is 35.3 Å². The maximum absolute atomic E-state index is 13.0. The predicted molar refractivity (Wildman–Crippen MR) is 183 cm³/mol. The average molecular weight is 811 g/mol. The minimum atomic E-state index is -5.14. The van der Waals surface area contributed by atoms with Crippen LogP contribution >= 0.6 is 0 Å². The summed E-state index contributed by atoms with van der Waals surface area (Å²) < 4.78 is 71.0. The topological polar surface area (TPSA) is 291 Å². The fourth-order valence-corrected chi connectivity index (χ4v) is 5.82. The Labute approximate surface area is 379 Å². The van der Waals surface area contributed by atoms with Gasteiger partial charge in [-0.15, -0.1) is 0 Å². The summed E-state index contributed by atoms with van der Waals surface area (Å²) in [6.07, 6.45) is 3.58. The molecule has 1 aromatic heterocycles. The van der Waals surface area contributed by atoms with Crippen LogP contribution in [0, 0.1) is 0 Å². The maximum Gasteiger partial charge on any atom is 1.00 e. The van der Waals surface area contributed by atoms with Crippen molar-refractivity contribution < 1.29 is 134 Å². The van der Waals surface area contributed by atoms with Gasteiger partial charge in [0.05, 0.1) is 21.2 Å². The van der Waals surface area contributed by atoms with Crippen molar-refractivity contribution >= 4 is 89.1 Å². The largest absolute Gasteiger partial charge is 1.00 e. The third-order valence-electron chi connectivity index (χ3n) is 7.10. The number of carbonyl (C=O) groups is 2. The Bertz CT molecular complexity index is 2590. The molecule has 4 aromatic carbocycles. The molecule has 0 saturated heterocycles. The first kappa shape index (κ1) is 45.6. The van der Waals surface area contributed by atoms with Gasteiger partial charge in [0.2, 0.25) is 17.8 Å². The van der Waals surface area contributed by atoms with E-state index in [1.54, 1.807) is 54.6 Å². The Morgan fingerprint density at radius 1 is 0.691 bits per heavy atom. The zero-order valence-corrected chi connectivity index (χ0v) is 36.6. The number of aromatic nitrogens is 3. The number of para-hydroxylation sites is 1. The normalized spacial score (nSPS) is 13.1. The molecule has 0 radical (unpaired) electrons. The van der Waals surface area contributed by atoms with E-state index in [9.17, 15) is 45.7 Å². The molecule has 1 aliphatic carbocycles. The zero-order valence-electron chi connectivity index (χ0n) is 29.0. The van der Waals surface area contributed by atoms with E-state index in [2.05, 4.69) is 41.4 Å². The second-order valence-electron chi connectivity index (χ2n) is 10.7. The van der Waals surface area contributed by atoms with Crippen molar-refractivity contribution in [2.45, 2.75) is 9.79 Å². The standard InChI is InChI=1S/C32H24N8O10S2.3Na/c41-26-11-10-21(14-24(26)29(43)44)40-39-20-8-6-19(7-9-20)34-31-36-30(33-18-4-2-1-3-5-18)37-32(38-31)35-25-15-22(51(45,46)47)12-17-13-23(52(48,49)50)16-27(42)28(17)25;;;/h1-16,39,42H,(H,43,44)(H,45,46,47)(H,48,49,50)(H3,33,34,35,36,37,38);;;/q;3*+1/p-3/b40-21-;;;. The van der Waals surface area contributed by atoms with Crippen molar-refractivity contribution in [2.24, 2.45) is 5.10 Å². The Hall–Kier alpha value is -3.74. The van der Waals surface area contributed by atoms with Gasteiger partial charge in [0.25, 0.3) is 0 Å². The van der Waals surface area contributed by atoms with E-state index in [0.717, 1.165) is 30.4 Å². The molecule has 0 atom stereocenters. The van der Waals surface area contributed by atoms with Crippen LogP contribution in [0.25, 0.3) is 10.8 Å². The number of carboxylic acids is 1. The molecular weight excluding hydrogens is 790 g/mol. The number of fused-ring (bicyclic) bond motifs is 1. The minimum absolute atomic E-state index is 0. The molecule has 6 rings (SSSR count). The first-order valence-electron chi connectivity index (χ1n) is 14.6. The summed E-state index contributed by atoms with van der Waals surface area (Å²) in [5, 5.41) is 34.4. The van der Waals surface area contributed by atoms with Crippen molar-refractivity contribution in [1.82, 2.24) is 15.0 Å². The van der Waals surface area contributed by atoms with Crippen LogP contribution in [0.5, 0.6) is 5.75 Å². The number of nitrogens with zero attached hydrogens (tertiary/aromatic N) is 4. The van der Waals surface area contributed by atoms with E-state index in [4.69, 9.17) is 0 Å². The third kappa shape index (κ3) is 11.6. The number of rotatable bonds is 11. The van der Waals surface area contributed by atoms with Crippen molar-refractivity contribution in [2.75, 3.05) is 21.4 Å². The SMILES string of the molecule is O=C(O)C1=C/C(=N\Nc2ccc(Nc3nc(Nc4ccccc4)nc(Nc4cc(S(=O)(=O)[O-])cc5cc(S(=O)(=O)[O-])cc([O-])c45)n3)cc2)C=CC1=O.[Na+].[Na+].[Na+]. The van der Waals surface area contributed by atoms with Crippen molar-refractivity contribution in [3.05, 3.63) is 103 Å². The first-order chi connectivity index (χ1) is 24.6. The van der Waals surface area contributed by atoms with E-state index >= 15 is 0 Å². The maximum atomic E-state index is 13.0. The Balaban J connectivity index is 0.00000271. The van der Waals surface area contributed by atoms with Gasteiger partial charge in [0.15, 0.2) is 5.78 Å². The Kier molecular flexibility index (Phi) is 15.7. The van der Waals surface area contributed by atoms with E-state index in [0.29, 0.717) is 23.1 Å². The molecule has 18 nitrogen and oxygen atoms in total. The molecule has 0 bridgehead atoms. The molecule has 264 valence electrons. The smallest absolute Gasteiger partial charge is 0.872 e. The summed E-state index contributed by atoms with van der Waals surface area (Å²) in [7, 11) is -10.3. The van der Waals surface area contributed by atoms with Crippen molar-refractivity contribution in [3.63, 3.8) is 0 Å². The summed E-state index contributed by atoms with van der Waals surface area (Å²) in [6.45, 7) is 0. The predicted octanol–water partition coefficient (Wildman–Crippen LogP) is -5.93. The Morgan fingerprint density at radius 2 is 1.20 bits per heavy atom. The quantitative estimate of drug-likeness (QED) is 0.0273. The molecule has 0 spiro atoms. The second-order valence-corrected chi connectivity index (χ2v) is 13.5. The molecule has 1 aliphatic rings. The van der Waals surface area contributed by atoms with Crippen LogP contribution in [0.4, 0.5) is 40.6 Å². The fourth-order valence-electron chi connectivity index (χ4n) is 4.77. The third-order valence-corrected chi connectivity index (χ3v) is 8.72. The van der Waals surface area contributed by atoms with Crippen LogP contribution in [0.15, 0.2) is 118 Å². The second kappa shape index (κ2) is 18.9. The van der Waals surface area contributed by atoms with Crippen LogP contribution < -0.4 is 115 Å². The fraction of sp³-hybridized carbons (Fsp3) is 0.